The van der Waals surface area contributed by atoms with Crippen molar-refractivity contribution in [1.29, 1.82) is 0 Å². The lowest BCUT2D eigenvalue weighted by molar-refractivity contribution is -0.142. The van der Waals surface area contributed by atoms with Crippen LogP contribution in [0.2, 0.25) is 0 Å². The number of alkyl halides is 3. The number of anilines is 1. The monoisotopic (exact) mass is 538 g/mol. The molecule has 1 aliphatic rings. The molecule has 4 rings (SSSR count). The molecule has 1 aliphatic heterocycles. The quantitative estimate of drug-likeness (QED) is 0.395. The summed E-state index contributed by atoms with van der Waals surface area (Å²) in [7, 11) is 0. The van der Waals surface area contributed by atoms with Crippen LogP contribution in [0.5, 0.6) is 0 Å². The van der Waals surface area contributed by atoms with Crippen LogP contribution in [0.4, 0.5) is 18.9 Å². The molecule has 0 aliphatic carbocycles. The fourth-order valence-electron chi connectivity index (χ4n) is 4.95. The summed E-state index contributed by atoms with van der Waals surface area (Å²) < 4.78 is 43.6. The molecule has 0 saturated carbocycles. The zero-order valence-corrected chi connectivity index (χ0v) is 21.7. The largest absolute Gasteiger partial charge is 0.481 e. The second kappa shape index (κ2) is 11.1. The topological polar surface area (TPSA) is 81.1 Å². The van der Waals surface area contributed by atoms with Crippen molar-refractivity contribution in [2.24, 2.45) is 0 Å². The molecule has 9 heteroatoms. The van der Waals surface area contributed by atoms with Gasteiger partial charge in [0, 0.05) is 30.6 Å². The Labute approximate surface area is 224 Å². The van der Waals surface area contributed by atoms with E-state index in [-0.39, 0.29) is 36.2 Å². The highest BCUT2D eigenvalue weighted by molar-refractivity contribution is 6.10. The van der Waals surface area contributed by atoms with E-state index >= 15 is 0 Å². The third-order valence-corrected chi connectivity index (χ3v) is 7.03. The standard InChI is InChI=1S/C30H29F3N2O4/c1-3-34(4-2)15-16-35-25-18-20(9-5-8-12-26(36)37)17-24(30(31,32)33)27(25)29(39,28(35)38)23-14-13-21-10-6-7-11-22(21)19-23/h6-7,10-11,13-14,17-19,39H,3-4,8,12,15-16H2,1-2H3,(H,36,37). The van der Waals surface area contributed by atoms with E-state index in [4.69, 9.17) is 5.11 Å². The van der Waals surface area contributed by atoms with Crippen molar-refractivity contribution in [3.63, 3.8) is 0 Å². The number of benzene rings is 3. The highest BCUT2D eigenvalue weighted by atomic mass is 19.4. The van der Waals surface area contributed by atoms with Crippen molar-refractivity contribution >= 4 is 28.3 Å². The molecule has 0 fully saturated rings. The molecular formula is C30H29F3N2O4. The second-order valence-electron chi connectivity index (χ2n) is 9.37. The zero-order valence-electron chi connectivity index (χ0n) is 21.7. The number of fused-ring (bicyclic) bond motifs is 2. The van der Waals surface area contributed by atoms with Crippen molar-refractivity contribution in [3.8, 4) is 11.8 Å². The Morgan fingerprint density at radius 1 is 1.05 bits per heavy atom. The molecule has 6 nitrogen and oxygen atoms in total. The molecule has 3 aromatic carbocycles. The highest BCUT2D eigenvalue weighted by Crippen LogP contribution is 2.50. The van der Waals surface area contributed by atoms with Crippen LogP contribution < -0.4 is 4.90 Å². The number of hydrogen-bond donors (Lipinski definition) is 2. The molecule has 0 saturated heterocycles. The Kier molecular flexibility index (Phi) is 8.00. The number of rotatable bonds is 8. The highest BCUT2D eigenvalue weighted by Gasteiger charge is 2.55. The fourth-order valence-corrected chi connectivity index (χ4v) is 4.95. The first-order valence-electron chi connectivity index (χ1n) is 12.7. The van der Waals surface area contributed by atoms with E-state index in [2.05, 4.69) is 11.8 Å². The molecule has 3 aromatic rings. The zero-order chi connectivity index (χ0) is 28.4. The maximum atomic E-state index is 14.5. The smallest absolute Gasteiger partial charge is 0.416 e. The van der Waals surface area contributed by atoms with Crippen LogP contribution in [0.15, 0.2) is 54.6 Å². The summed E-state index contributed by atoms with van der Waals surface area (Å²) in [6.07, 6.45) is -5.19. The molecular weight excluding hydrogens is 509 g/mol. The number of halogens is 3. The third kappa shape index (κ3) is 5.49. The number of carbonyl (C=O) groups is 2. The number of carboxylic acids is 1. The summed E-state index contributed by atoms with van der Waals surface area (Å²) in [6, 6.07) is 14.1. The lowest BCUT2D eigenvalue weighted by Crippen LogP contribution is -2.44. The Balaban J connectivity index is 1.93. The maximum Gasteiger partial charge on any atom is 0.416 e. The molecule has 0 bridgehead atoms. The van der Waals surface area contributed by atoms with E-state index in [9.17, 15) is 27.9 Å². The summed E-state index contributed by atoms with van der Waals surface area (Å²) in [6.45, 7) is 5.72. The first-order valence-corrected chi connectivity index (χ1v) is 12.7. The Bertz CT molecular complexity index is 1470. The number of aliphatic hydroxyl groups is 1. The van der Waals surface area contributed by atoms with Gasteiger partial charge in [-0.05, 0) is 47.6 Å². The van der Waals surface area contributed by atoms with Gasteiger partial charge in [-0.15, -0.1) is 0 Å². The number of carbonyl (C=O) groups excluding carboxylic acids is 1. The number of carboxylic acid groups (broad SMARTS) is 1. The van der Waals surface area contributed by atoms with Gasteiger partial charge in [0.15, 0.2) is 5.60 Å². The summed E-state index contributed by atoms with van der Waals surface area (Å²) in [4.78, 5) is 28.0. The Hall–Kier alpha value is -3.87. The van der Waals surface area contributed by atoms with Gasteiger partial charge in [0.1, 0.15) is 0 Å². The summed E-state index contributed by atoms with van der Waals surface area (Å²) in [5.74, 6) is 3.28. The summed E-state index contributed by atoms with van der Waals surface area (Å²) in [5, 5.41) is 22.3. The van der Waals surface area contributed by atoms with Crippen LogP contribution in [-0.2, 0) is 21.4 Å². The van der Waals surface area contributed by atoms with Crippen molar-refractivity contribution in [1.82, 2.24) is 4.90 Å². The van der Waals surface area contributed by atoms with Gasteiger partial charge in [-0.25, -0.2) is 0 Å². The average Bonchev–Trinajstić information content (AvgIpc) is 3.12. The van der Waals surface area contributed by atoms with Crippen LogP contribution in [0, 0.1) is 11.8 Å². The molecule has 0 radical (unpaired) electrons. The number of nitrogens with zero attached hydrogens (tertiary/aromatic N) is 2. The van der Waals surface area contributed by atoms with Crippen LogP contribution >= 0.6 is 0 Å². The van der Waals surface area contributed by atoms with Crippen LogP contribution in [0.1, 0.15) is 48.9 Å². The van der Waals surface area contributed by atoms with Gasteiger partial charge in [-0.1, -0.05) is 62.1 Å². The van der Waals surface area contributed by atoms with Gasteiger partial charge in [0.2, 0.25) is 0 Å². The lowest BCUT2D eigenvalue weighted by Gasteiger charge is -2.26. The molecule has 0 spiro atoms. The predicted octanol–water partition coefficient (Wildman–Crippen LogP) is 5.00. The van der Waals surface area contributed by atoms with Crippen LogP contribution in [0.25, 0.3) is 10.8 Å². The normalized spacial score (nSPS) is 16.9. The molecule has 1 amide bonds. The van der Waals surface area contributed by atoms with Crippen molar-refractivity contribution in [3.05, 3.63) is 76.9 Å². The van der Waals surface area contributed by atoms with E-state index in [0.717, 1.165) is 11.5 Å². The van der Waals surface area contributed by atoms with Gasteiger partial charge in [-0.3, -0.25) is 9.59 Å². The van der Waals surface area contributed by atoms with Gasteiger partial charge in [0.25, 0.3) is 5.91 Å². The predicted molar refractivity (Wildman–Crippen MR) is 142 cm³/mol. The number of likely N-dealkylation sites (N-methyl/N-ethyl adjacent to an activating group) is 1. The van der Waals surface area contributed by atoms with E-state index in [1.54, 1.807) is 24.3 Å². The van der Waals surface area contributed by atoms with Gasteiger partial charge >= 0.3 is 12.1 Å². The van der Waals surface area contributed by atoms with Crippen molar-refractivity contribution < 1.29 is 33.0 Å². The van der Waals surface area contributed by atoms with E-state index in [1.165, 1.54) is 17.0 Å². The molecule has 1 unspecified atom stereocenters. The molecule has 1 heterocycles. The summed E-state index contributed by atoms with van der Waals surface area (Å²) >= 11 is 0. The summed E-state index contributed by atoms with van der Waals surface area (Å²) in [5.41, 5.74) is -4.27. The third-order valence-electron chi connectivity index (χ3n) is 7.03. The minimum absolute atomic E-state index is 0.0186. The van der Waals surface area contributed by atoms with E-state index in [1.807, 2.05) is 30.9 Å². The first kappa shape index (κ1) is 28.1. The number of amides is 1. The number of aliphatic carboxylic acids is 1. The fraction of sp³-hybridized carbons (Fsp3) is 0.333. The maximum absolute atomic E-state index is 14.5. The van der Waals surface area contributed by atoms with Gasteiger partial charge < -0.3 is 20.0 Å². The molecule has 2 N–H and O–H groups in total. The van der Waals surface area contributed by atoms with E-state index in [0.29, 0.717) is 25.0 Å². The van der Waals surface area contributed by atoms with Gasteiger partial charge in [0.05, 0.1) is 17.7 Å². The van der Waals surface area contributed by atoms with Crippen LogP contribution in [0.3, 0.4) is 0 Å². The second-order valence-corrected chi connectivity index (χ2v) is 9.37. The SMILES string of the molecule is CCN(CC)CCN1C(=O)C(O)(c2ccc3ccccc3c2)c2c1cc(C#CCCC(=O)O)cc2C(F)(F)F. The Morgan fingerprint density at radius 3 is 2.38 bits per heavy atom. The Morgan fingerprint density at radius 2 is 1.74 bits per heavy atom. The average molecular weight is 539 g/mol. The molecule has 0 aromatic heterocycles. The van der Waals surface area contributed by atoms with Crippen molar-refractivity contribution in [2.45, 2.75) is 38.5 Å². The molecule has 1 atom stereocenters. The van der Waals surface area contributed by atoms with Crippen LogP contribution in [-0.4, -0.2) is 53.2 Å². The minimum atomic E-state index is -4.90. The lowest BCUT2D eigenvalue weighted by atomic mass is 9.83. The molecule has 204 valence electrons. The van der Waals surface area contributed by atoms with E-state index < -0.39 is 34.8 Å². The van der Waals surface area contributed by atoms with Crippen molar-refractivity contribution in [2.75, 3.05) is 31.1 Å². The number of hydrogen-bond acceptors (Lipinski definition) is 4. The first-order chi connectivity index (χ1) is 18.5. The van der Waals surface area contributed by atoms with Gasteiger partial charge in [-0.2, -0.15) is 13.2 Å². The molecule has 39 heavy (non-hydrogen) atoms. The minimum Gasteiger partial charge on any atom is -0.481 e.